The molecule has 0 aromatic carbocycles. The van der Waals surface area contributed by atoms with Gasteiger partial charge in [-0.1, -0.05) is 0 Å². The Morgan fingerprint density at radius 1 is 1.19 bits per heavy atom. The van der Waals surface area contributed by atoms with E-state index >= 15 is 0 Å². The lowest BCUT2D eigenvalue weighted by molar-refractivity contribution is -0.384. The molecule has 1 aliphatic heterocycles. The largest absolute Gasteiger partial charge is 0.444 e. The van der Waals surface area contributed by atoms with E-state index in [1.165, 1.54) is 29.4 Å². The molecule has 0 bridgehead atoms. The maximum atomic E-state index is 14.6. The van der Waals surface area contributed by atoms with E-state index in [9.17, 15) is 23.7 Å². The molecular formula is C20H24F2N6O4. The maximum Gasteiger partial charge on any atom is 0.410 e. The van der Waals surface area contributed by atoms with Crippen LogP contribution in [-0.4, -0.2) is 63.6 Å². The Kier molecular flexibility index (Phi) is 6.42. The third kappa shape index (κ3) is 5.99. The zero-order valence-corrected chi connectivity index (χ0v) is 17.9. The van der Waals surface area contributed by atoms with E-state index < -0.39 is 35.6 Å². The third-order valence-corrected chi connectivity index (χ3v) is 4.46. The van der Waals surface area contributed by atoms with Crippen LogP contribution in [0.3, 0.4) is 0 Å². The first kappa shape index (κ1) is 23.1. The monoisotopic (exact) mass is 450 g/mol. The van der Waals surface area contributed by atoms with Gasteiger partial charge in [0.25, 0.3) is 5.92 Å². The van der Waals surface area contributed by atoms with E-state index in [0.29, 0.717) is 5.69 Å². The molecule has 0 saturated carbocycles. The van der Waals surface area contributed by atoms with Crippen molar-refractivity contribution >= 4 is 29.1 Å². The normalized spacial score (nSPS) is 16.3. The van der Waals surface area contributed by atoms with Crippen molar-refractivity contribution in [2.45, 2.75) is 32.3 Å². The van der Waals surface area contributed by atoms with E-state index in [1.54, 1.807) is 32.9 Å². The predicted molar refractivity (Wildman–Crippen MR) is 113 cm³/mol. The van der Waals surface area contributed by atoms with Gasteiger partial charge in [-0.05, 0) is 39.0 Å². The van der Waals surface area contributed by atoms with Crippen molar-refractivity contribution in [3.63, 3.8) is 0 Å². The van der Waals surface area contributed by atoms with Crippen LogP contribution in [0.5, 0.6) is 0 Å². The molecule has 1 aliphatic rings. The van der Waals surface area contributed by atoms with Crippen molar-refractivity contribution in [3.8, 4) is 0 Å². The second-order valence-electron chi connectivity index (χ2n) is 8.33. The van der Waals surface area contributed by atoms with Gasteiger partial charge in [-0.15, -0.1) is 0 Å². The number of carbonyl (C=O) groups excluding carboxylic acids is 1. The van der Waals surface area contributed by atoms with Crippen LogP contribution in [0, 0.1) is 10.1 Å². The number of hydrogen-bond donors (Lipinski definition) is 1. The predicted octanol–water partition coefficient (Wildman–Crippen LogP) is 3.82. The van der Waals surface area contributed by atoms with Crippen LogP contribution in [0.15, 0.2) is 36.7 Å². The summed E-state index contributed by atoms with van der Waals surface area (Å²) in [7, 11) is 0. The number of hydrogen-bond acceptors (Lipinski definition) is 8. The summed E-state index contributed by atoms with van der Waals surface area (Å²) in [6, 6.07) is 5.71. The summed E-state index contributed by atoms with van der Waals surface area (Å²) in [5.41, 5.74) is -0.612. The summed E-state index contributed by atoms with van der Waals surface area (Å²) in [6.07, 6.45) is 2.17. The molecule has 2 aromatic heterocycles. The van der Waals surface area contributed by atoms with Gasteiger partial charge < -0.3 is 19.9 Å². The number of nitro groups is 1. The minimum absolute atomic E-state index is 0.0176. The molecule has 0 spiro atoms. The molecule has 0 atom stereocenters. The van der Waals surface area contributed by atoms with Crippen molar-refractivity contribution in [1.82, 2.24) is 14.9 Å². The molecule has 1 saturated heterocycles. The molecule has 0 unspecified atom stereocenters. The van der Waals surface area contributed by atoms with Crippen molar-refractivity contribution in [2.24, 2.45) is 0 Å². The fraction of sp³-hybridized carbons (Fsp3) is 0.450. The van der Waals surface area contributed by atoms with Gasteiger partial charge in [0.15, 0.2) is 0 Å². The topological polar surface area (TPSA) is 114 Å². The zero-order chi connectivity index (χ0) is 23.5. The number of pyridine rings is 2. The highest BCUT2D eigenvalue weighted by atomic mass is 19.3. The molecule has 3 rings (SSSR count). The van der Waals surface area contributed by atoms with Crippen molar-refractivity contribution < 1.29 is 23.2 Å². The van der Waals surface area contributed by atoms with Gasteiger partial charge in [0.05, 0.1) is 18.0 Å². The first-order chi connectivity index (χ1) is 14.9. The summed E-state index contributed by atoms with van der Waals surface area (Å²) < 4.78 is 34.5. The Hall–Kier alpha value is -3.57. The molecule has 1 amide bonds. The van der Waals surface area contributed by atoms with Crippen LogP contribution in [0.4, 0.5) is 36.6 Å². The molecule has 12 heteroatoms. The second kappa shape index (κ2) is 8.89. The molecule has 10 nitrogen and oxygen atoms in total. The molecule has 172 valence electrons. The standard InChI is InChI=1S/C20H24F2N6O4/c1-19(2,3)32-18(29)27-11-10-26(12-20(21,22)13-27)16-5-4-15(28(30)31)17(25-16)24-14-6-8-23-9-7-14/h4-9H,10-13H2,1-3H3,(H,23,24,25). The number of nitrogens with zero attached hydrogens (tertiary/aromatic N) is 5. The van der Waals surface area contributed by atoms with E-state index in [1.807, 2.05) is 0 Å². The molecule has 1 fully saturated rings. The van der Waals surface area contributed by atoms with E-state index in [2.05, 4.69) is 15.3 Å². The highest BCUT2D eigenvalue weighted by molar-refractivity contribution is 5.69. The molecular weight excluding hydrogens is 426 g/mol. The highest BCUT2D eigenvalue weighted by Crippen LogP contribution is 2.31. The summed E-state index contributed by atoms with van der Waals surface area (Å²) in [6.45, 7) is 3.51. The summed E-state index contributed by atoms with van der Waals surface area (Å²) in [5.74, 6) is -3.21. The first-order valence-corrected chi connectivity index (χ1v) is 9.87. The third-order valence-electron chi connectivity index (χ3n) is 4.46. The SMILES string of the molecule is CC(C)(C)OC(=O)N1CCN(c2ccc([N+](=O)[O-])c(Nc3ccncc3)n2)CC(F)(F)C1. The van der Waals surface area contributed by atoms with E-state index in [-0.39, 0.29) is 30.4 Å². The minimum atomic E-state index is -3.24. The molecule has 2 aromatic rings. The smallest absolute Gasteiger partial charge is 0.410 e. The Bertz CT molecular complexity index is 984. The van der Waals surface area contributed by atoms with Gasteiger partial charge in [-0.25, -0.2) is 18.6 Å². The van der Waals surface area contributed by atoms with Crippen LogP contribution in [0.25, 0.3) is 0 Å². The Balaban J connectivity index is 1.86. The lowest BCUT2D eigenvalue weighted by Crippen LogP contribution is -2.44. The van der Waals surface area contributed by atoms with Crippen LogP contribution in [0.1, 0.15) is 20.8 Å². The lowest BCUT2D eigenvalue weighted by atomic mass is 10.2. The van der Waals surface area contributed by atoms with Gasteiger partial charge in [0.2, 0.25) is 5.82 Å². The van der Waals surface area contributed by atoms with Gasteiger partial charge in [-0.3, -0.25) is 15.1 Å². The number of carbonyl (C=O) groups is 1. The molecule has 0 radical (unpaired) electrons. The number of amides is 1. The molecule has 32 heavy (non-hydrogen) atoms. The van der Waals surface area contributed by atoms with Crippen LogP contribution in [0.2, 0.25) is 0 Å². The van der Waals surface area contributed by atoms with E-state index in [0.717, 1.165) is 4.90 Å². The van der Waals surface area contributed by atoms with Crippen LogP contribution in [-0.2, 0) is 4.74 Å². The van der Waals surface area contributed by atoms with Gasteiger partial charge >= 0.3 is 11.8 Å². The van der Waals surface area contributed by atoms with Gasteiger partial charge in [0, 0.05) is 37.2 Å². The summed E-state index contributed by atoms with van der Waals surface area (Å²) in [5, 5.41) is 14.2. The van der Waals surface area contributed by atoms with Crippen LogP contribution >= 0.6 is 0 Å². The fourth-order valence-electron chi connectivity index (χ4n) is 3.11. The number of nitrogens with one attached hydrogen (secondary N) is 1. The average molecular weight is 450 g/mol. The molecule has 0 aliphatic carbocycles. The van der Waals surface area contributed by atoms with Gasteiger partial charge in [-0.2, -0.15) is 0 Å². The quantitative estimate of drug-likeness (QED) is 0.552. The zero-order valence-electron chi connectivity index (χ0n) is 17.9. The number of alkyl halides is 2. The second-order valence-corrected chi connectivity index (χ2v) is 8.33. The van der Waals surface area contributed by atoms with E-state index in [4.69, 9.17) is 4.74 Å². The minimum Gasteiger partial charge on any atom is -0.444 e. The average Bonchev–Trinajstić information content (AvgIpc) is 2.85. The van der Waals surface area contributed by atoms with Crippen LogP contribution < -0.4 is 10.2 Å². The fourth-order valence-corrected chi connectivity index (χ4v) is 3.11. The van der Waals surface area contributed by atoms with Crippen molar-refractivity contribution in [3.05, 3.63) is 46.8 Å². The van der Waals surface area contributed by atoms with Crippen molar-refractivity contribution in [1.29, 1.82) is 0 Å². The summed E-state index contributed by atoms with van der Waals surface area (Å²) >= 11 is 0. The first-order valence-electron chi connectivity index (χ1n) is 9.87. The number of halogens is 2. The molecule has 3 heterocycles. The summed E-state index contributed by atoms with van der Waals surface area (Å²) in [4.78, 5) is 33.5. The Morgan fingerprint density at radius 2 is 1.88 bits per heavy atom. The molecule has 1 N–H and O–H groups in total. The Morgan fingerprint density at radius 3 is 2.50 bits per heavy atom. The maximum absolute atomic E-state index is 14.6. The number of ether oxygens (including phenoxy) is 1. The van der Waals surface area contributed by atoms with Crippen molar-refractivity contribution in [2.75, 3.05) is 36.4 Å². The lowest BCUT2D eigenvalue weighted by Gasteiger charge is -2.27. The Labute approximate surface area is 183 Å². The number of aromatic nitrogens is 2. The number of anilines is 3. The van der Waals surface area contributed by atoms with Gasteiger partial charge in [0.1, 0.15) is 11.4 Å². The highest BCUT2D eigenvalue weighted by Gasteiger charge is 2.40. The number of rotatable bonds is 4.